The molecule has 1 aromatic carbocycles. The second-order valence-corrected chi connectivity index (χ2v) is 5.35. The number of nitrogens with one attached hydrogen (secondary N) is 2. The van der Waals surface area contributed by atoms with Crippen LogP contribution in [0.15, 0.2) is 18.2 Å². The molecular formula is C13H18ClFN2O2. The van der Waals surface area contributed by atoms with Crippen LogP contribution in [0.25, 0.3) is 0 Å². The average Bonchev–Trinajstić information content (AvgIpc) is 2.30. The van der Waals surface area contributed by atoms with Gasteiger partial charge in [0.2, 0.25) is 0 Å². The minimum Gasteiger partial charge on any atom is -0.388 e. The Labute approximate surface area is 117 Å². The van der Waals surface area contributed by atoms with Crippen LogP contribution in [0.4, 0.5) is 14.9 Å². The SMILES string of the molecule is CC(C)C(C)(O)CNC(=O)Nc1ccc(F)cc1Cl. The van der Waals surface area contributed by atoms with Gasteiger partial charge in [-0.2, -0.15) is 0 Å². The first-order valence-corrected chi connectivity index (χ1v) is 6.32. The summed E-state index contributed by atoms with van der Waals surface area (Å²) in [6, 6.07) is 3.18. The molecule has 3 N–H and O–H groups in total. The van der Waals surface area contributed by atoms with E-state index in [-0.39, 0.29) is 17.5 Å². The van der Waals surface area contributed by atoms with E-state index < -0.39 is 17.4 Å². The molecule has 19 heavy (non-hydrogen) atoms. The van der Waals surface area contributed by atoms with Crippen molar-refractivity contribution in [1.29, 1.82) is 0 Å². The number of urea groups is 1. The van der Waals surface area contributed by atoms with Gasteiger partial charge in [0.15, 0.2) is 0 Å². The van der Waals surface area contributed by atoms with Gasteiger partial charge < -0.3 is 15.7 Å². The van der Waals surface area contributed by atoms with E-state index >= 15 is 0 Å². The number of halogens is 2. The largest absolute Gasteiger partial charge is 0.388 e. The van der Waals surface area contributed by atoms with Crippen molar-refractivity contribution in [2.45, 2.75) is 26.4 Å². The Morgan fingerprint density at radius 2 is 2.16 bits per heavy atom. The molecule has 0 aliphatic heterocycles. The smallest absolute Gasteiger partial charge is 0.319 e. The molecule has 1 atom stereocenters. The molecule has 0 saturated carbocycles. The summed E-state index contributed by atoms with van der Waals surface area (Å²) in [5.41, 5.74) is -0.686. The summed E-state index contributed by atoms with van der Waals surface area (Å²) in [5, 5.41) is 15.1. The Kier molecular flexibility index (Phi) is 5.14. The van der Waals surface area contributed by atoms with Gasteiger partial charge in [-0.1, -0.05) is 25.4 Å². The van der Waals surface area contributed by atoms with Crippen molar-refractivity contribution < 1.29 is 14.3 Å². The molecular weight excluding hydrogens is 271 g/mol. The van der Waals surface area contributed by atoms with Crippen molar-refractivity contribution >= 4 is 23.3 Å². The monoisotopic (exact) mass is 288 g/mol. The first-order chi connectivity index (χ1) is 8.72. The molecule has 0 aliphatic carbocycles. The molecule has 1 rings (SSSR count). The molecule has 0 bridgehead atoms. The molecule has 0 heterocycles. The quantitative estimate of drug-likeness (QED) is 0.797. The average molecular weight is 289 g/mol. The number of carbonyl (C=O) groups excluding carboxylic acids is 1. The van der Waals surface area contributed by atoms with Gasteiger partial charge in [0.1, 0.15) is 5.82 Å². The molecule has 0 aromatic heterocycles. The Morgan fingerprint density at radius 1 is 1.53 bits per heavy atom. The van der Waals surface area contributed by atoms with Crippen LogP contribution in [0.3, 0.4) is 0 Å². The summed E-state index contributed by atoms with van der Waals surface area (Å²) in [4.78, 5) is 11.6. The third-order valence-corrected chi connectivity index (χ3v) is 3.34. The van der Waals surface area contributed by atoms with E-state index in [0.29, 0.717) is 5.69 Å². The van der Waals surface area contributed by atoms with Crippen LogP contribution in [-0.2, 0) is 0 Å². The van der Waals surface area contributed by atoms with E-state index in [4.69, 9.17) is 11.6 Å². The topological polar surface area (TPSA) is 61.4 Å². The van der Waals surface area contributed by atoms with Crippen LogP contribution >= 0.6 is 11.6 Å². The van der Waals surface area contributed by atoms with Gasteiger partial charge in [0.25, 0.3) is 0 Å². The number of rotatable bonds is 4. The highest BCUT2D eigenvalue weighted by atomic mass is 35.5. The molecule has 0 spiro atoms. The second-order valence-electron chi connectivity index (χ2n) is 4.94. The molecule has 0 fully saturated rings. The van der Waals surface area contributed by atoms with E-state index in [2.05, 4.69) is 10.6 Å². The maximum Gasteiger partial charge on any atom is 0.319 e. The summed E-state index contributed by atoms with van der Waals surface area (Å²) in [7, 11) is 0. The Balaban J connectivity index is 2.57. The summed E-state index contributed by atoms with van der Waals surface area (Å²) in [6.07, 6.45) is 0. The van der Waals surface area contributed by atoms with Crippen LogP contribution < -0.4 is 10.6 Å². The van der Waals surface area contributed by atoms with Crippen LogP contribution in [0.2, 0.25) is 5.02 Å². The zero-order chi connectivity index (χ0) is 14.6. The fourth-order valence-electron chi connectivity index (χ4n) is 1.22. The van der Waals surface area contributed by atoms with E-state index in [1.807, 2.05) is 13.8 Å². The lowest BCUT2D eigenvalue weighted by atomic mass is 9.93. The Morgan fingerprint density at radius 3 is 2.68 bits per heavy atom. The molecule has 106 valence electrons. The van der Waals surface area contributed by atoms with Gasteiger partial charge in [-0.15, -0.1) is 0 Å². The number of hydrogen-bond acceptors (Lipinski definition) is 2. The zero-order valence-electron chi connectivity index (χ0n) is 11.1. The second kappa shape index (κ2) is 6.21. The van der Waals surface area contributed by atoms with Gasteiger partial charge in [0, 0.05) is 6.54 Å². The Bertz CT molecular complexity index is 464. The predicted octanol–water partition coefficient (Wildman–Crippen LogP) is 3.01. The standard InChI is InChI=1S/C13H18ClFN2O2/c1-8(2)13(3,19)7-16-12(18)17-11-5-4-9(15)6-10(11)14/h4-6,8,19H,7H2,1-3H3,(H2,16,17,18). The van der Waals surface area contributed by atoms with E-state index in [1.165, 1.54) is 12.1 Å². The minimum atomic E-state index is -0.996. The maximum absolute atomic E-state index is 12.8. The highest BCUT2D eigenvalue weighted by molar-refractivity contribution is 6.33. The third kappa shape index (κ3) is 4.69. The highest BCUT2D eigenvalue weighted by Gasteiger charge is 2.25. The summed E-state index contributed by atoms with van der Waals surface area (Å²) < 4.78 is 12.8. The van der Waals surface area contributed by atoms with Crippen molar-refractivity contribution in [3.63, 3.8) is 0 Å². The van der Waals surface area contributed by atoms with Crippen molar-refractivity contribution in [2.24, 2.45) is 5.92 Å². The molecule has 4 nitrogen and oxygen atoms in total. The predicted molar refractivity (Wildman–Crippen MR) is 73.9 cm³/mol. The Hall–Kier alpha value is -1.33. The maximum atomic E-state index is 12.8. The molecule has 1 unspecified atom stereocenters. The fraction of sp³-hybridized carbons (Fsp3) is 0.462. The number of hydrogen-bond donors (Lipinski definition) is 3. The summed E-state index contributed by atoms with van der Waals surface area (Å²) >= 11 is 5.78. The zero-order valence-corrected chi connectivity index (χ0v) is 11.9. The highest BCUT2D eigenvalue weighted by Crippen LogP contribution is 2.22. The molecule has 0 saturated heterocycles. The number of benzene rings is 1. The molecule has 0 radical (unpaired) electrons. The summed E-state index contributed by atoms with van der Waals surface area (Å²) in [5.74, 6) is -0.471. The third-order valence-electron chi connectivity index (χ3n) is 3.03. The van der Waals surface area contributed by atoms with Gasteiger partial charge >= 0.3 is 6.03 Å². The first kappa shape index (κ1) is 15.7. The number of amides is 2. The molecule has 0 aliphatic rings. The van der Waals surface area contributed by atoms with Gasteiger partial charge in [-0.3, -0.25) is 0 Å². The van der Waals surface area contributed by atoms with Crippen molar-refractivity contribution in [3.05, 3.63) is 29.0 Å². The van der Waals surface area contributed by atoms with Crippen LogP contribution in [-0.4, -0.2) is 23.3 Å². The van der Waals surface area contributed by atoms with Crippen LogP contribution in [0.1, 0.15) is 20.8 Å². The number of carbonyl (C=O) groups is 1. The number of anilines is 1. The first-order valence-electron chi connectivity index (χ1n) is 5.94. The summed E-state index contributed by atoms with van der Waals surface area (Å²) in [6.45, 7) is 5.46. The van der Waals surface area contributed by atoms with E-state index in [9.17, 15) is 14.3 Å². The molecule has 1 aromatic rings. The van der Waals surface area contributed by atoms with Crippen molar-refractivity contribution in [2.75, 3.05) is 11.9 Å². The lowest BCUT2D eigenvalue weighted by Gasteiger charge is -2.27. The minimum absolute atomic E-state index is 0.00205. The van der Waals surface area contributed by atoms with Crippen molar-refractivity contribution in [1.82, 2.24) is 5.32 Å². The lowest BCUT2D eigenvalue weighted by molar-refractivity contribution is 0.0170. The van der Waals surface area contributed by atoms with Gasteiger partial charge in [-0.05, 0) is 31.0 Å². The van der Waals surface area contributed by atoms with Crippen molar-refractivity contribution in [3.8, 4) is 0 Å². The fourth-order valence-corrected chi connectivity index (χ4v) is 1.44. The van der Waals surface area contributed by atoms with Gasteiger partial charge in [-0.25, -0.2) is 9.18 Å². The van der Waals surface area contributed by atoms with Crippen LogP contribution in [0, 0.1) is 11.7 Å². The molecule has 6 heteroatoms. The van der Waals surface area contributed by atoms with Crippen LogP contribution in [0.5, 0.6) is 0 Å². The number of aliphatic hydroxyl groups is 1. The van der Waals surface area contributed by atoms with E-state index in [0.717, 1.165) is 6.07 Å². The normalized spacial score (nSPS) is 14.1. The van der Waals surface area contributed by atoms with E-state index in [1.54, 1.807) is 6.92 Å². The molecule has 2 amide bonds. The lowest BCUT2D eigenvalue weighted by Crippen LogP contribution is -2.45. The van der Waals surface area contributed by atoms with Gasteiger partial charge in [0.05, 0.1) is 16.3 Å².